The highest BCUT2D eigenvalue weighted by Gasteiger charge is 2.30. The fraction of sp³-hybridized carbons (Fsp3) is 0.533. The number of methoxy groups -OCH3 is 1. The summed E-state index contributed by atoms with van der Waals surface area (Å²) in [6, 6.07) is 2.34. The SMILES string of the molecule is COc1cccc(S(=O)(=O)NC(CN2CCCCC2)C(=O)O)c1F. The van der Waals surface area contributed by atoms with Gasteiger partial charge in [-0.25, -0.2) is 12.8 Å². The molecule has 134 valence electrons. The Morgan fingerprint density at radius 3 is 2.62 bits per heavy atom. The van der Waals surface area contributed by atoms with E-state index in [9.17, 15) is 22.7 Å². The van der Waals surface area contributed by atoms with Gasteiger partial charge >= 0.3 is 5.97 Å². The van der Waals surface area contributed by atoms with Crippen molar-refractivity contribution >= 4 is 16.0 Å². The van der Waals surface area contributed by atoms with Crippen LogP contribution in [0.1, 0.15) is 19.3 Å². The molecule has 2 rings (SSSR count). The lowest BCUT2D eigenvalue weighted by Gasteiger charge is -2.29. The molecule has 0 spiro atoms. The first-order valence-corrected chi connectivity index (χ1v) is 9.13. The van der Waals surface area contributed by atoms with Crippen LogP contribution in [0, 0.1) is 5.82 Å². The minimum Gasteiger partial charge on any atom is -0.494 e. The first kappa shape index (κ1) is 18.6. The molecule has 0 amide bonds. The van der Waals surface area contributed by atoms with Gasteiger partial charge in [-0.3, -0.25) is 4.79 Å². The predicted molar refractivity (Wildman–Crippen MR) is 85.0 cm³/mol. The van der Waals surface area contributed by atoms with Gasteiger partial charge in [0.25, 0.3) is 0 Å². The maximum absolute atomic E-state index is 14.2. The van der Waals surface area contributed by atoms with Crippen molar-refractivity contribution in [3.63, 3.8) is 0 Å². The number of halogens is 1. The lowest BCUT2D eigenvalue weighted by Crippen LogP contribution is -2.49. The molecule has 0 bridgehead atoms. The number of ether oxygens (including phenoxy) is 1. The summed E-state index contributed by atoms with van der Waals surface area (Å²) < 4.78 is 45.8. The third kappa shape index (κ3) is 4.43. The lowest BCUT2D eigenvalue weighted by molar-refractivity contribution is -0.139. The molecule has 24 heavy (non-hydrogen) atoms. The van der Waals surface area contributed by atoms with E-state index >= 15 is 0 Å². The molecule has 0 saturated carbocycles. The lowest BCUT2D eigenvalue weighted by atomic mass is 10.1. The van der Waals surface area contributed by atoms with Crippen molar-refractivity contribution in [3.8, 4) is 5.75 Å². The van der Waals surface area contributed by atoms with Gasteiger partial charge in [-0.2, -0.15) is 4.72 Å². The quantitative estimate of drug-likeness (QED) is 0.755. The summed E-state index contributed by atoms with van der Waals surface area (Å²) in [5.74, 6) is -2.57. The van der Waals surface area contributed by atoms with Gasteiger partial charge in [-0.15, -0.1) is 0 Å². The second kappa shape index (κ2) is 7.91. The first-order chi connectivity index (χ1) is 11.3. The van der Waals surface area contributed by atoms with Gasteiger partial charge in [0.2, 0.25) is 10.0 Å². The van der Waals surface area contributed by atoms with E-state index in [1.807, 2.05) is 4.90 Å². The maximum Gasteiger partial charge on any atom is 0.323 e. The summed E-state index contributed by atoms with van der Waals surface area (Å²) in [5, 5.41) is 9.31. The van der Waals surface area contributed by atoms with Gasteiger partial charge < -0.3 is 14.7 Å². The number of nitrogens with one attached hydrogen (secondary N) is 1. The molecule has 1 heterocycles. The van der Waals surface area contributed by atoms with Crippen LogP contribution in [0.5, 0.6) is 5.75 Å². The second-order valence-electron chi connectivity index (χ2n) is 5.65. The Labute approximate surface area is 140 Å². The molecule has 7 nitrogen and oxygen atoms in total. The van der Waals surface area contributed by atoms with E-state index in [-0.39, 0.29) is 12.3 Å². The number of likely N-dealkylation sites (tertiary alicyclic amines) is 1. The summed E-state index contributed by atoms with van der Waals surface area (Å²) >= 11 is 0. The Balaban J connectivity index is 2.19. The van der Waals surface area contributed by atoms with Gasteiger partial charge in [0.1, 0.15) is 10.9 Å². The number of nitrogens with zero attached hydrogens (tertiary/aromatic N) is 1. The average molecular weight is 360 g/mol. The number of hydrogen-bond acceptors (Lipinski definition) is 5. The van der Waals surface area contributed by atoms with Crippen LogP contribution in [0.15, 0.2) is 23.1 Å². The molecule has 0 aromatic heterocycles. The molecular formula is C15H21FN2O5S. The van der Waals surface area contributed by atoms with Crippen LogP contribution < -0.4 is 9.46 Å². The number of piperidine rings is 1. The first-order valence-electron chi connectivity index (χ1n) is 7.65. The smallest absolute Gasteiger partial charge is 0.323 e. The summed E-state index contributed by atoms with van der Waals surface area (Å²) in [6.07, 6.45) is 2.97. The van der Waals surface area contributed by atoms with Crippen molar-refractivity contribution in [3.05, 3.63) is 24.0 Å². The standard InChI is InChI=1S/C15H21FN2O5S/c1-23-12-6-5-7-13(14(12)16)24(21,22)17-11(15(19)20)10-18-8-3-2-4-9-18/h5-7,11,17H,2-4,8-10H2,1H3,(H,19,20). The van der Waals surface area contributed by atoms with Crippen LogP contribution in [0.25, 0.3) is 0 Å². The van der Waals surface area contributed by atoms with Crippen molar-refractivity contribution in [2.24, 2.45) is 0 Å². The Bertz CT molecular complexity index is 689. The van der Waals surface area contributed by atoms with Crippen molar-refractivity contribution in [1.82, 2.24) is 9.62 Å². The highest BCUT2D eigenvalue weighted by Crippen LogP contribution is 2.23. The zero-order valence-corrected chi connectivity index (χ0v) is 14.2. The highest BCUT2D eigenvalue weighted by molar-refractivity contribution is 7.89. The zero-order chi connectivity index (χ0) is 17.7. The average Bonchev–Trinajstić information content (AvgIpc) is 2.55. The Kier molecular flexibility index (Phi) is 6.14. The van der Waals surface area contributed by atoms with E-state index in [4.69, 9.17) is 4.74 Å². The van der Waals surface area contributed by atoms with Crippen LogP contribution in [-0.2, 0) is 14.8 Å². The molecule has 0 aliphatic carbocycles. The van der Waals surface area contributed by atoms with Crippen LogP contribution in [0.2, 0.25) is 0 Å². The fourth-order valence-electron chi connectivity index (χ4n) is 2.67. The van der Waals surface area contributed by atoms with Crippen LogP contribution in [0.4, 0.5) is 4.39 Å². The fourth-order valence-corrected chi connectivity index (χ4v) is 3.94. The molecule has 9 heteroatoms. The molecule has 1 fully saturated rings. The molecule has 1 aromatic carbocycles. The van der Waals surface area contributed by atoms with Gasteiger partial charge in [0.05, 0.1) is 7.11 Å². The van der Waals surface area contributed by atoms with Crippen molar-refractivity contribution in [2.45, 2.75) is 30.2 Å². The van der Waals surface area contributed by atoms with E-state index in [2.05, 4.69) is 4.72 Å². The third-order valence-corrected chi connectivity index (χ3v) is 5.41. The molecule has 1 atom stereocenters. The monoisotopic (exact) mass is 360 g/mol. The summed E-state index contributed by atoms with van der Waals surface area (Å²) in [6.45, 7) is 1.48. The number of hydrogen-bond donors (Lipinski definition) is 2. The summed E-state index contributed by atoms with van der Waals surface area (Å²) in [7, 11) is -3.11. The van der Waals surface area contributed by atoms with E-state index in [0.717, 1.165) is 38.4 Å². The minimum atomic E-state index is -4.33. The zero-order valence-electron chi connectivity index (χ0n) is 13.4. The molecule has 1 aromatic rings. The molecule has 1 unspecified atom stereocenters. The number of sulfonamides is 1. The second-order valence-corrected chi connectivity index (χ2v) is 7.33. The molecule has 1 aliphatic heterocycles. The third-order valence-electron chi connectivity index (χ3n) is 3.92. The highest BCUT2D eigenvalue weighted by atomic mass is 32.2. The molecular weight excluding hydrogens is 339 g/mol. The van der Waals surface area contributed by atoms with E-state index in [0.29, 0.717) is 0 Å². The van der Waals surface area contributed by atoms with Crippen molar-refractivity contribution in [2.75, 3.05) is 26.7 Å². The number of carbonyl (C=O) groups is 1. The van der Waals surface area contributed by atoms with Gasteiger partial charge in [-0.05, 0) is 38.1 Å². The van der Waals surface area contributed by atoms with E-state index in [1.54, 1.807) is 0 Å². The number of carboxylic acids is 1. The summed E-state index contributed by atoms with van der Waals surface area (Å²) in [5.41, 5.74) is 0. The topological polar surface area (TPSA) is 95.9 Å². The maximum atomic E-state index is 14.2. The van der Waals surface area contributed by atoms with Crippen LogP contribution in [-0.4, -0.2) is 57.2 Å². The Hall–Kier alpha value is -1.71. The normalized spacial score (nSPS) is 17.4. The summed E-state index contributed by atoms with van der Waals surface area (Å²) in [4.78, 5) is 12.7. The molecule has 1 saturated heterocycles. The molecule has 1 aliphatic rings. The number of aliphatic carboxylic acids is 1. The largest absolute Gasteiger partial charge is 0.494 e. The van der Waals surface area contributed by atoms with Gasteiger partial charge in [-0.1, -0.05) is 12.5 Å². The van der Waals surface area contributed by atoms with E-state index < -0.39 is 32.7 Å². The van der Waals surface area contributed by atoms with Crippen molar-refractivity contribution < 1.29 is 27.4 Å². The predicted octanol–water partition coefficient (Wildman–Crippen LogP) is 1.05. The number of rotatable bonds is 7. The van der Waals surface area contributed by atoms with Gasteiger partial charge in [0, 0.05) is 6.54 Å². The number of benzene rings is 1. The number of carboxylic acid groups (broad SMARTS) is 1. The van der Waals surface area contributed by atoms with E-state index in [1.165, 1.54) is 19.2 Å². The van der Waals surface area contributed by atoms with Crippen molar-refractivity contribution in [1.29, 1.82) is 0 Å². The van der Waals surface area contributed by atoms with Crippen LogP contribution in [0.3, 0.4) is 0 Å². The minimum absolute atomic E-state index is 0.0418. The Morgan fingerprint density at radius 1 is 1.38 bits per heavy atom. The van der Waals surface area contributed by atoms with Crippen LogP contribution >= 0.6 is 0 Å². The van der Waals surface area contributed by atoms with Gasteiger partial charge in [0.15, 0.2) is 11.6 Å². The Morgan fingerprint density at radius 2 is 2.04 bits per heavy atom. The molecule has 2 N–H and O–H groups in total. The molecule has 0 radical (unpaired) electrons.